The Morgan fingerprint density at radius 2 is 1.89 bits per heavy atom. The molecule has 0 amide bonds. The van der Waals surface area contributed by atoms with Crippen LogP contribution in [0.15, 0.2) is 91.7 Å². The van der Waals surface area contributed by atoms with E-state index >= 15 is 0 Å². The number of piperidine rings is 1. The molecule has 4 rings (SSSR count). The van der Waals surface area contributed by atoms with Crippen molar-refractivity contribution in [1.82, 2.24) is 9.88 Å². The van der Waals surface area contributed by atoms with Gasteiger partial charge in [-0.25, -0.2) is 14.2 Å². The van der Waals surface area contributed by atoms with E-state index in [0.29, 0.717) is 28.9 Å². The van der Waals surface area contributed by atoms with Crippen molar-refractivity contribution in [3.8, 4) is 5.88 Å². The van der Waals surface area contributed by atoms with Gasteiger partial charge in [-0.1, -0.05) is 82.0 Å². The second-order valence-electron chi connectivity index (χ2n) is 10.8. The number of rotatable bonds is 12. The lowest BCUT2D eigenvalue weighted by Crippen LogP contribution is -2.38. The van der Waals surface area contributed by atoms with Crippen LogP contribution in [0.5, 0.6) is 5.88 Å². The summed E-state index contributed by atoms with van der Waals surface area (Å²) in [4.78, 5) is 20.8. The molecule has 1 saturated heterocycles. The number of carboxylic acid groups (broad SMARTS) is 1. The lowest BCUT2D eigenvalue weighted by molar-refractivity contribution is 0.0697. The molecule has 0 unspecified atom stereocenters. The number of carboxylic acids is 1. The zero-order chi connectivity index (χ0) is 34.1. The van der Waals surface area contributed by atoms with E-state index in [9.17, 15) is 14.3 Å². The standard InChI is InChI=1S/C31H35ClFN3O3.C5H8.C2H6/c1-4-14-36(29-17-24(31(37)38)9-8-21(29)2)22(3)19-35-15-12-23(13-16-35)28-6-5-7-30(34-28)39-20-25-10-11-26(32)18-27(25)33;1-3-5-4-2;1-2/h5-11,17-18,23H,3-4,12-16,19-20H2,1-2H3,(H,37,38);3-5H,1H2,2H3;1-2H3/b;5-4-;. The minimum Gasteiger partial charge on any atom is -0.478 e. The highest BCUT2D eigenvalue weighted by Gasteiger charge is 2.24. The normalized spacial score (nSPS) is 13.2. The first kappa shape index (κ1) is 38.2. The van der Waals surface area contributed by atoms with E-state index < -0.39 is 11.8 Å². The molecule has 6 nitrogen and oxygen atoms in total. The Kier molecular flexibility index (Phi) is 16.8. The fourth-order valence-electron chi connectivity index (χ4n) is 5.10. The minimum atomic E-state index is -0.930. The monoisotopic (exact) mass is 649 g/mol. The third-order valence-electron chi connectivity index (χ3n) is 7.45. The van der Waals surface area contributed by atoms with Gasteiger partial charge in [0, 0.05) is 52.7 Å². The maximum atomic E-state index is 14.1. The number of aromatic carboxylic acids is 1. The molecule has 1 aromatic heterocycles. The highest BCUT2D eigenvalue weighted by atomic mass is 35.5. The predicted molar refractivity (Wildman–Crippen MR) is 190 cm³/mol. The molecular formula is C38H49ClFN3O3. The summed E-state index contributed by atoms with van der Waals surface area (Å²) >= 11 is 5.84. The second kappa shape index (κ2) is 20.2. The van der Waals surface area contributed by atoms with Crippen molar-refractivity contribution in [2.75, 3.05) is 31.1 Å². The lowest BCUT2D eigenvalue weighted by atomic mass is 9.93. The van der Waals surface area contributed by atoms with Gasteiger partial charge in [0.15, 0.2) is 0 Å². The molecule has 3 aromatic rings. The molecule has 2 aromatic carbocycles. The molecular weight excluding hydrogens is 601 g/mol. The quantitative estimate of drug-likeness (QED) is 0.197. The van der Waals surface area contributed by atoms with Crippen LogP contribution in [-0.2, 0) is 6.61 Å². The van der Waals surface area contributed by atoms with Gasteiger partial charge in [0.2, 0.25) is 5.88 Å². The van der Waals surface area contributed by atoms with Gasteiger partial charge in [-0.15, -0.1) is 0 Å². The van der Waals surface area contributed by atoms with Crippen LogP contribution in [0, 0.1) is 12.7 Å². The number of ether oxygens (including phenoxy) is 1. The molecule has 0 atom stereocenters. The first-order chi connectivity index (χ1) is 22.2. The number of anilines is 1. The average Bonchev–Trinajstić information content (AvgIpc) is 3.05. The van der Waals surface area contributed by atoms with Crippen molar-refractivity contribution in [3.63, 3.8) is 0 Å². The van der Waals surface area contributed by atoms with Crippen LogP contribution in [0.25, 0.3) is 0 Å². The third-order valence-corrected chi connectivity index (χ3v) is 7.69. The summed E-state index contributed by atoms with van der Waals surface area (Å²) in [5.74, 6) is -0.533. The molecule has 248 valence electrons. The van der Waals surface area contributed by atoms with E-state index in [1.54, 1.807) is 36.4 Å². The Bertz CT molecular complexity index is 1450. The van der Waals surface area contributed by atoms with Crippen molar-refractivity contribution < 1.29 is 19.0 Å². The molecule has 1 N–H and O–H groups in total. The summed E-state index contributed by atoms with van der Waals surface area (Å²) < 4.78 is 19.9. The van der Waals surface area contributed by atoms with Gasteiger partial charge in [0.1, 0.15) is 12.4 Å². The zero-order valence-corrected chi connectivity index (χ0v) is 28.7. The molecule has 2 heterocycles. The molecule has 0 bridgehead atoms. The Hall–Kier alpha value is -3.94. The number of halogens is 2. The van der Waals surface area contributed by atoms with Gasteiger partial charge in [0.05, 0.1) is 5.56 Å². The van der Waals surface area contributed by atoms with Gasteiger partial charge in [-0.05, 0) is 82.1 Å². The molecule has 8 heteroatoms. The van der Waals surface area contributed by atoms with Crippen molar-refractivity contribution in [1.29, 1.82) is 0 Å². The third kappa shape index (κ3) is 11.8. The molecule has 0 saturated carbocycles. The van der Waals surface area contributed by atoms with Gasteiger partial charge in [-0.2, -0.15) is 0 Å². The number of carbonyl (C=O) groups is 1. The smallest absolute Gasteiger partial charge is 0.335 e. The van der Waals surface area contributed by atoms with E-state index in [4.69, 9.17) is 21.3 Å². The Balaban J connectivity index is 0.000000959. The highest BCUT2D eigenvalue weighted by Crippen LogP contribution is 2.30. The number of nitrogens with zero attached hydrogens (tertiary/aromatic N) is 3. The number of aryl methyl sites for hydroxylation is 1. The second-order valence-corrected chi connectivity index (χ2v) is 11.2. The molecule has 0 spiro atoms. The summed E-state index contributed by atoms with van der Waals surface area (Å²) in [6, 6.07) is 15.5. The van der Waals surface area contributed by atoms with Crippen molar-refractivity contribution in [3.05, 3.63) is 125 Å². The largest absolute Gasteiger partial charge is 0.478 e. The molecule has 1 fully saturated rings. The number of hydrogen-bond donors (Lipinski definition) is 1. The Morgan fingerprint density at radius 3 is 2.48 bits per heavy atom. The number of pyridine rings is 1. The van der Waals surface area contributed by atoms with E-state index in [1.807, 2.05) is 58.0 Å². The van der Waals surface area contributed by atoms with Gasteiger partial charge < -0.3 is 14.7 Å². The van der Waals surface area contributed by atoms with Gasteiger partial charge >= 0.3 is 5.97 Å². The fraction of sp³-hybridized carbons (Fsp3) is 0.368. The first-order valence-corrected chi connectivity index (χ1v) is 16.3. The Morgan fingerprint density at radius 1 is 1.17 bits per heavy atom. The fourth-order valence-corrected chi connectivity index (χ4v) is 5.26. The number of likely N-dealkylation sites (tertiary alicyclic amines) is 1. The first-order valence-electron chi connectivity index (χ1n) is 16.0. The van der Waals surface area contributed by atoms with Crippen molar-refractivity contribution in [2.45, 2.75) is 66.4 Å². The van der Waals surface area contributed by atoms with E-state index in [2.05, 4.69) is 29.9 Å². The van der Waals surface area contributed by atoms with Crippen molar-refractivity contribution in [2.24, 2.45) is 0 Å². The number of aromatic nitrogens is 1. The minimum absolute atomic E-state index is 0.0864. The van der Waals surface area contributed by atoms with Gasteiger partial charge in [0.25, 0.3) is 0 Å². The van der Waals surface area contributed by atoms with Crippen LogP contribution < -0.4 is 9.64 Å². The summed E-state index contributed by atoms with van der Waals surface area (Å²) in [6.07, 6.45) is 8.41. The topological polar surface area (TPSA) is 65.9 Å². The summed E-state index contributed by atoms with van der Waals surface area (Å²) in [7, 11) is 0. The summed E-state index contributed by atoms with van der Waals surface area (Å²) in [5.41, 5.74) is 4.58. The molecule has 0 aliphatic carbocycles. The van der Waals surface area contributed by atoms with Crippen LogP contribution in [0.2, 0.25) is 5.02 Å². The van der Waals surface area contributed by atoms with Crippen LogP contribution in [0.3, 0.4) is 0 Å². The summed E-state index contributed by atoms with van der Waals surface area (Å²) in [5, 5.41) is 9.82. The molecule has 46 heavy (non-hydrogen) atoms. The number of allylic oxidation sites excluding steroid dienone is 3. The van der Waals surface area contributed by atoms with Crippen LogP contribution >= 0.6 is 11.6 Å². The van der Waals surface area contributed by atoms with E-state index in [0.717, 1.165) is 61.5 Å². The van der Waals surface area contributed by atoms with Crippen LogP contribution in [0.1, 0.15) is 80.1 Å². The highest BCUT2D eigenvalue weighted by molar-refractivity contribution is 6.30. The predicted octanol–water partition coefficient (Wildman–Crippen LogP) is 9.84. The zero-order valence-electron chi connectivity index (χ0n) is 27.9. The molecule has 0 radical (unpaired) electrons. The number of hydrogen-bond acceptors (Lipinski definition) is 5. The summed E-state index contributed by atoms with van der Waals surface area (Å²) in [6.45, 7) is 21.3. The van der Waals surface area contributed by atoms with E-state index in [-0.39, 0.29) is 12.2 Å². The average molecular weight is 650 g/mol. The van der Waals surface area contributed by atoms with Gasteiger partial charge in [-0.3, -0.25) is 4.90 Å². The Labute approximate surface area is 279 Å². The molecule has 1 aliphatic heterocycles. The van der Waals surface area contributed by atoms with Crippen LogP contribution in [0.4, 0.5) is 10.1 Å². The SMILES string of the molecule is C=C(CN1CCC(c2cccc(OCc3ccc(Cl)cc3F)n2)CC1)N(CCC)c1cc(C(=O)O)ccc1C.C=C/C=C\C.CC. The molecule has 1 aliphatic rings. The maximum Gasteiger partial charge on any atom is 0.335 e. The maximum absolute atomic E-state index is 14.1. The number of benzene rings is 2. The lowest BCUT2D eigenvalue weighted by Gasteiger charge is -2.35. The van der Waals surface area contributed by atoms with E-state index in [1.165, 1.54) is 6.07 Å². The van der Waals surface area contributed by atoms with Crippen molar-refractivity contribution >= 4 is 23.3 Å². The van der Waals surface area contributed by atoms with Crippen LogP contribution in [-0.4, -0.2) is 47.1 Å².